The molecule has 0 heterocycles. The second-order valence-electron chi connectivity index (χ2n) is 1.42. The minimum absolute atomic E-state index is 0. The van der Waals surface area contributed by atoms with Gasteiger partial charge in [-0.1, -0.05) is 21.8 Å². The van der Waals surface area contributed by atoms with Crippen molar-refractivity contribution in [1.82, 2.24) is 0 Å². The van der Waals surface area contributed by atoms with Gasteiger partial charge in [0.2, 0.25) is 5.92 Å². The number of halogens is 2. The van der Waals surface area contributed by atoms with E-state index in [1.54, 1.807) is 0 Å². The number of alkyl halides is 2. The highest BCUT2D eigenvalue weighted by Crippen LogP contribution is 2.14. The molecular formula is C6H16F2. The molecule has 0 aromatic carbocycles. The first-order valence-corrected chi connectivity index (χ1v) is 1.94. The third-order valence-corrected chi connectivity index (χ3v) is 0.621. The summed E-state index contributed by atoms with van der Waals surface area (Å²) in [5.74, 6) is -2.46. The Morgan fingerprint density at radius 3 is 1.38 bits per heavy atom. The summed E-state index contributed by atoms with van der Waals surface area (Å²) in [6.45, 7) is 2.37. The smallest absolute Gasteiger partial charge is 0.207 e. The molecule has 0 rings (SSSR count). The second kappa shape index (κ2) is 5.01. The summed E-state index contributed by atoms with van der Waals surface area (Å²) in [7, 11) is 0. The Hall–Kier alpha value is -0.140. The molecule has 0 aromatic heterocycles. The summed E-state index contributed by atoms with van der Waals surface area (Å²) in [5.41, 5.74) is 0. The molecule has 0 saturated heterocycles. The zero-order valence-electron chi connectivity index (χ0n) is 3.96. The standard InChI is InChI=1S/C4H8F2.2CH4/c1-3-4(2,5)6;;/h3H2,1-2H3;2*1H4. The van der Waals surface area contributed by atoms with E-state index >= 15 is 0 Å². The van der Waals surface area contributed by atoms with E-state index in [1.807, 2.05) is 0 Å². The Bertz CT molecular complexity index is 36.3. The van der Waals surface area contributed by atoms with Gasteiger partial charge in [-0.2, -0.15) is 0 Å². The molecule has 0 radical (unpaired) electrons. The molecule has 0 N–H and O–H groups in total. The van der Waals surface area contributed by atoms with Crippen LogP contribution in [0.1, 0.15) is 35.1 Å². The molecule has 2 heteroatoms. The molecule has 0 amide bonds. The number of hydrogen-bond acceptors (Lipinski definition) is 0. The van der Waals surface area contributed by atoms with Gasteiger partial charge < -0.3 is 0 Å². The first kappa shape index (κ1) is 15.7. The lowest BCUT2D eigenvalue weighted by molar-refractivity contribution is 0.0181. The minimum Gasteiger partial charge on any atom is -0.207 e. The lowest BCUT2D eigenvalue weighted by Crippen LogP contribution is -2.05. The highest BCUT2D eigenvalue weighted by molar-refractivity contribution is 4.50. The van der Waals surface area contributed by atoms with Crippen molar-refractivity contribution in [3.8, 4) is 0 Å². The van der Waals surface area contributed by atoms with Crippen molar-refractivity contribution in [3.63, 3.8) is 0 Å². The Balaban J connectivity index is -0.000000125. The van der Waals surface area contributed by atoms with Crippen molar-refractivity contribution in [2.24, 2.45) is 0 Å². The molecule has 0 aliphatic rings. The summed E-state index contributed by atoms with van der Waals surface area (Å²) in [6.07, 6.45) is -0.0625. The number of rotatable bonds is 1. The molecule has 0 spiro atoms. The SMILES string of the molecule is C.C.CCC(C)(F)F. The highest BCUT2D eigenvalue weighted by Gasteiger charge is 2.15. The summed E-state index contributed by atoms with van der Waals surface area (Å²) >= 11 is 0. The van der Waals surface area contributed by atoms with Gasteiger partial charge in [-0.25, -0.2) is 8.78 Å². The van der Waals surface area contributed by atoms with Gasteiger partial charge in [0.25, 0.3) is 0 Å². The average Bonchev–Trinajstić information content (AvgIpc) is 1.35. The fourth-order valence-electron chi connectivity index (χ4n) is 0. The van der Waals surface area contributed by atoms with E-state index in [0.717, 1.165) is 6.92 Å². The summed E-state index contributed by atoms with van der Waals surface area (Å²) in [6, 6.07) is 0. The van der Waals surface area contributed by atoms with Gasteiger partial charge in [-0.15, -0.1) is 0 Å². The molecule has 0 aromatic rings. The van der Waals surface area contributed by atoms with E-state index in [4.69, 9.17) is 0 Å². The van der Waals surface area contributed by atoms with E-state index in [9.17, 15) is 8.78 Å². The summed E-state index contributed by atoms with van der Waals surface area (Å²) < 4.78 is 22.9. The first-order chi connectivity index (χ1) is 2.56. The van der Waals surface area contributed by atoms with Crippen LogP contribution in [0.3, 0.4) is 0 Å². The van der Waals surface area contributed by atoms with Crippen molar-refractivity contribution in [3.05, 3.63) is 0 Å². The topological polar surface area (TPSA) is 0 Å². The molecule has 0 aliphatic heterocycles. The third kappa shape index (κ3) is 16.9. The summed E-state index contributed by atoms with van der Waals surface area (Å²) in [5, 5.41) is 0. The van der Waals surface area contributed by atoms with Crippen LogP contribution in [-0.4, -0.2) is 5.92 Å². The van der Waals surface area contributed by atoms with E-state index in [-0.39, 0.29) is 21.3 Å². The molecular weight excluding hydrogens is 110 g/mol. The molecule has 0 nitrogen and oxygen atoms in total. The van der Waals surface area contributed by atoms with Gasteiger partial charge in [0.05, 0.1) is 0 Å². The van der Waals surface area contributed by atoms with Crippen LogP contribution in [0.15, 0.2) is 0 Å². The van der Waals surface area contributed by atoms with Gasteiger partial charge in [-0.3, -0.25) is 0 Å². The van der Waals surface area contributed by atoms with Crippen LogP contribution in [0, 0.1) is 0 Å². The van der Waals surface area contributed by atoms with Crippen LogP contribution in [0.4, 0.5) is 8.78 Å². The van der Waals surface area contributed by atoms with Gasteiger partial charge in [-0.05, 0) is 6.92 Å². The van der Waals surface area contributed by atoms with Crippen LogP contribution in [0.25, 0.3) is 0 Å². The van der Waals surface area contributed by atoms with Crippen LogP contribution >= 0.6 is 0 Å². The van der Waals surface area contributed by atoms with Crippen LogP contribution < -0.4 is 0 Å². The van der Waals surface area contributed by atoms with Gasteiger partial charge in [0, 0.05) is 6.42 Å². The molecule has 0 atom stereocenters. The lowest BCUT2D eigenvalue weighted by Gasteiger charge is -2.02. The highest BCUT2D eigenvalue weighted by atomic mass is 19.3. The third-order valence-electron chi connectivity index (χ3n) is 0.621. The van der Waals surface area contributed by atoms with Gasteiger partial charge in [0.15, 0.2) is 0 Å². The van der Waals surface area contributed by atoms with E-state index < -0.39 is 5.92 Å². The zero-order valence-corrected chi connectivity index (χ0v) is 3.96. The molecule has 0 fully saturated rings. The molecule has 8 heavy (non-hydrogen) atoms. The Morgan fingerprint density at radius 2 is 1.38 bits per heavy atom. The van der Waals surface area contributed by atoms with Crippen molar-refractivity contribution in [2.75, 3.05) is 0 Å². The normalized spacial score (nSPS) is 9.00. The zero-order chi connectivity index (χ0) is 5.21. The Morgan fingerprint density at radius 1 is 1.25 bits per heavy atom. The average molecular weight is 126 g/mol. The molecule has 0 bridgehead atoms. The minimum atomic E-state index is -2.46. The van der Waals surface area contributed by atoms with E-state index in [0.29, 0.717) is 0 Å². The lowest BCUT2D eigenvalue weighted by atomic mass is 10.3. The maximum absolute atomic E-state index is 11.5. The predicted octanol–water partition coefficient (Wildman–Crippen LogP) is 3.32. The first-order valence-electron chi connectivity index (χ1n) is 1.94. The maximum Gasteiger partial charge on any atom is 0.245 e. The van der Waals surface area contributed by atoms with Crippen molar-refractivity contribution in [1.29, 1.82) is 0 Å². The quantitative estimate of drug-likeness (QED) is 0.505. The van der Waals surface area contributed by atoms with Gasteiger partial charge >= 0.3 is 0 Å². The molecule has 54 valence electrons. The Kier molecular flexibility index (Phi) is 9.80. The largest absolute Gasteiger partial charge is 0.245 e. The second-order valence-corrected chi connectivity index (χ2v) is 1.42. The summed E-state index contributed by atoms with van der Waals surface area (Å²) in [4.78, 5) is 0. The fourth-order valence-corrected chi connectivity index (χ4v) is 0. The van der Waals surface area contributed by atoms with Crippen molar-refractivity contribution < 1.29 is 8.78 Å². The molecule has 0 aliphatic carbocycles. The molecule has 0 saturated carbocycles. The van der Waals surface area contributed by atoms with E-state index in [2.05, 4.69) is 0 Å². The molecule has 0 unspecified atom stereocenters. The van der Waals surface area contributed by atoms with Crippen molar-refractivity contribution >= 4 is 0 Å². The maximum atomic E-state index is 11.5. The van der Waals surface area contributed by atoms with E-state index in [1.165, 1.54) is 6.92 Å². The fraction of sp³-hybridized carbons (Fsp3) is 1.00. The van der Waals surface area contributed by atoms with Crippen molar-refractivity contribution in [2.45, 2.75) is 41.0 Å². The van der Waals surface area contributed by atoms with Crippen LogP contribution in [0.5, 0.6) is 0 Å². The van der Waals surface area contributed by atoms with Gasteiger partial charge in [0.1, 0.15) is 0 Å². The predicted molar refractivity (Wildman–Crippen MR) is 34.4 cm³/mol. The van der Waals surface area contributed by atoms with Crippen LogP contribution in [-0.2, 0) is 0 Å². The number of hydrogen-bond donors (Lipinski definition) is 0. The Labute approximate surface area is 50.9 Å². The van der Waals surface area contributed by atoms with Crippen LogP contribution in [0.2, 0.25) is 0 Å². The monoisotopic (exact) mass is 126 g/mol.